The monoisotopic (exact) mass is 185 g/mol. The average molecular weight is 185 g/mol. The van der Waals surface area contributed by atoms with E-state index in [0.717, 1.165) is 0 Å². The molecular formula is C6H11N5O2. The summed E-state index contributed by atoms with van der Waals surface area (Å²) in [7, 11) is 3.72. The molecule has 0 unspecified atom stereocenters. The summed E-state index contributed by atoms with van der Waals surface area (Å²) in [6.45, 7) is 0.330. The summed E-state index contributed by atoms with van der Waals surface area (Å²) in [5, 5.41) is 19.2. The molecule has 0 spiro atoms. The van der Waals surface area contributed by atoms with E-state index >= 15 is 0 Å². The Kier molecular flexibility index (Phi) is 2.91. The van der Waals surface area contributed by atoms with Crippen molar-refractivity contribution in [2.75, 3.05) is 14.1 Å². The van der Waals surface area contributed by atoms with Crippen LogP contribution in [0, 0.1) is 0 Å². The van der Waals surface area contributed by atoms with Crippen molar-refractivity contribution >= 4 is 5.97 Å². The largest absolute Gasteiger partial charge is 0.480 e. The van der Waals surface area contributed by atoms with Gasteiger partial charge in [0.25, 0.3) is 0 Å². The molecule has 0 saturated heterocycles. The lowest BCUT2D eigenvalue weighted by Gasteiger charge is -2.07. The molecule has 0 aromatic carbocycles. The van der Waals surface area contributed by atoms with Crippen LogP contribution in [0.1, 0.15) is 5.82 Å². The molecule has 0 saturated carbocycles. The molecule has 0 bridgehead atoms. The molecule has 0 radical (unpaired) electrons. The van der Waals surface area contributed by atoms with Crippen LogP contribution in [0.4, 0.5) is 0 Å². The summed E-state index contributed by atoms with van der Waals surface area (Å²) in [6, 6.07) is 0. The Labute approximate surface area is 75.0 Å². The molecule has 1 aromatic rings. The molecule has 1 N–H and O–H groups in total. The van der Waals surface area contributed by atoms with E-state index in [4.69, 9.17) is 5.11 Å². The highest BCUT2D eigenvalue weighted by Gasteiger charge is 2.09. The third-order valence-electron chi connectivity index (χ3n) is 1.35. The first-order chi connectivity index (χ1) is 6.09. The van der Waals surface area contributed by atoms with Gasteiger partial charge in [0.2, 0.25) is 0 Å². The minimum atomic E-state index is -0.952. The standard InChI is InChI=1S/C6H11N5O2/c1-10(2)3-5-7-8-9-11(5)4-6(12)13/h3-4H2,1-2H3,(H,12,13). The highest BCUT2D eigenvalue weighted by molar-refractivity contribution is 5.66. The van der Waals surface area contributed by atoms with Gasteiger partial charge in [-0.25, -0.2) is 4.68 Å². The number of carbonyl (C=O) groups is 1. The second kappa shape index (κ2) is 3.94. The van der Waals surface area contributed by atoms with Crippen molar-refractivity contribution in [1.29, 1.82) is 0 Å². The summed E-state index contributed by atoms with van der Waals surface area (Å²) in [6.07, 6.45) is 0. The SMILES string of the molecule is CN(C)Cc1nnnn1CC(=O)O. The first-order valence-corrected chi connectivity index (χ1v) is 3.71. The van der Waals surface area contributed by atoms with Crippen molar-refractivity contribution in [2.45, 2.75) is 13.1 Å². The molecule has 0 atom stereocenters. The van der Waals surface area contributed by atoms with Crippen molar-refractivity contribution in [3.05, 3.63) is 5.82 Å². The number of tetrazole rings is 1. The molecular weight excluding hydrogens is 174 g/mol. The van der Waals surface area contributed by atoms with E-state index in [9.17, 15) is 4.79 Å². The maximum atomic E-state index is 10.4. The van der Waals surface area contributed by atoms with Gasteiger partial charge in [-0.05, 0) is 24.5 Å². The van der Waals surface area contributed by atoms with E-state index in [0.29, 0.717) is 12.4 Å². The average Bonchev–Trinajstić information content (AvgIpc) is 2.34. The fourth-order valence-corrected chi connectivity index (χ4v) is 0.870. The third-order valence-corrected chi connectivity index (χ3v) is 1.35. The van der Waals surface area contributed by atoms with Gasteiger partial charge >= 0.3 is 5.97 Å². The predicted molar refractivity (Wildman–Crippen MR) is 42.8 cm³/mol. The Bertz CT molecular complexity index is 295. The molecule has 0 aliphatic rings. The molecule has 0 aliphatic heterocycles. The number of nitrogens with zero attached hydrogens (tertiary/aromatic N) is 5. The predicted octanol–water partition coefficient (Wildman–Crippen LogP) is -1.18. The molecule has 0 aliphatic carbocycles. The number of hydrogen-bond donors (Lipinski definition) is 1. The second-order valence-corrected chi connectivity index (χ2v) is 2.88. The highest BCUT2D eigenvalue weighted by Crippen LogP contribution is 1.95. The van der Waals surface area contributed by atoms with Crippen molar-refractivity contribution in [2.24, 2.45) is 0 Å². The zero-order valence-electron chi connectivity index (χ0n) is 7.51. The molecule has 0 amide bonds. The van der Waals surface area contributed by atoms with Crippen LogP contribution >= 0.6 is 0 Å². The topological polar surface area (TPSA) is 84.1 Å². The van der Waals surface area contributed by atoms with Gasteiger partial charge in [-0.15, -0.1) is 5.10 Å². The number of hydrogen-bond acceptors (Lipinski definition) is 5. The van der Waals surface area contributed by atoms with E-state index in [1.807, 2.05) is 19.0 Å². The Morgan fingerprint density at radius 2 is 2.31 bits per heavy atom. The summed E-state index contributed by atoms with van der Waals surface area (Å²) in [4.78, 5) is 12.2. The van der Waals surface area contributed by atoms with E-state index < -0.39 is 5.97 Å². The Morgan fingerprint density at radius 3 is 2.85 bits per heavy atom. The summed E-state index contributed by atoms with van der Waals surface area (Å²) >= 11 is 0. The van der Waals surface area contributed by atoms with Crippen molar-refractivity contribution in [1.82, 2.24) is 25.1 Å². The van der Waals surface area contributed by atoms with Crippen LogP contribution in [0.2, 0.25) is 0 Å². The van der Waals surface area contributed by atoms with Gasteiger partial charge in [0.05, 0.1) is 6.54 Å². The second-order valence-electron chi connectivity index (χ2n) is 2.88. The van der Waals surface area contributed by atoms with Gasteiger partial charge in [0.1, 0.15) is 6.54 Å². The zero-order valence-corrected chi connectivity index (χ0v) is 7.51. The summed E-state index contributed by atoms with van der Waals surface area (Å²) in [5.74, 6) is -0.403. The smallest absolute Gasteiger partial charge is 0.325 e. The lowest BCUT2D eigenvalue weighted by Crippen LogP contribution is -2.19. The van der Waals surface area contributed by atoms with E-state index in [2.05, 4.69) is 15.5 Å². The Balaban J connectivity index is 2.71. The van der Waals surface area contributed by atoms with E-state index in [1.165, 1.54) is 4.68 Å². The third kappa shape index (κ3) is 2.79. The first-order valence-electron chi connectivity index (χ1n) is 3.71. The molecule has 13 heavy (non-hydrogen) atoms. The number of rotatable bonds is 4. The zero-order chi connectivity index (χ0) is 9.84. The Hall–Kier alpha value is -1.50. The molecule has 1 heterocycles. The minimum absolute atomic E-state index is 0.198. The molecule has 7 nitrogen and oxygen atoms in total. The first kappa shape index (κ1) is 9.59. The van der Waals surface area contributed by atoms with Crippen molar-refractivity contribution < 1.29 is 9.90 Å². The van der Waals surface area contributed by atoms with E-state index in [-0.39, 0.29) is 6.54 Å². The summed E-state index contributed by atoms with van der Waals surface area (Å²) < 4.78 is 1.27. The number of aromatic nitrogens is 4. The quantitative estimate of drug-likeness (QED) is 0.635. The Morgan fingerprint density at radius 1 is 1.62 bits per heavy atom. The van der Waals surface area contributed by atoms with Crippen molar-refractivity contribution in [3.63, 3.8) is 0 Å². The number of carboxylic acids is 1. The van der Waals surface area contributed by atoms with Crippen LogP contribution < -0.4 is 0 Å². The van der Waals surface area contributed by atoms with Gasteiger partial charge in [0.15, 0.2) is 5.82 Å². The maximum absolute atomic E-state index is 10.4. The molecule has 1 rings (SSSR count). The lowest BCUT2D eigenvalue weighted by molar-refractivity contribution is -0.138. The van der Waals surface area contributed by atoms with Gasteiger partial charge < -0.3 is 10.0 Å². The highest BCUT2D eigenvalue weighted by atomic mass is 16.4. The minimum Gasteiger partial charge on any atom is -0.480 e. The maximum Gasteiger partial charge on any atom is 0.325 e. The molecule has 7 heteroatoms. The molecule has 1 aromatic heterocycles. The molecule has 0 fully saturated rings. The van der Waals surface area contributed by atoms with Gasteiger partial charge in [-0.1, -0.05) is 0 Å². The normalized spacial score (nSPS) is 10.7. The van der Waals surface area contributed by atoms with Crippen LogP contribution in [0.25, 0.3) is 0 Å². The van der Waals surface area contributed by atoms with E-state index in [1.54, 1.807) is 0 Å². The molecule has 72 valence electrons. The number of carboxylic acid groups (broad SMARTS) is 1. The fourth-order valence-electron chi connectivity index (χ4n) is 0.870. The number of aliphatic carboxylic acids is 1. The van der Waals surface area contributed by atoms with Gasteiger partial charge in [-0.3, -0.25) is 4.79 Å². The van der Waals surface area contributed by atoms with Crippen LogP contribution in [0.15, 0.2) is 0 Å². The van der Waals surface area contributed by atoms with Crippen LogP contribution in [-0.2, 0) is 17.9 Å². The summed E-state index contributed by atoms with van der Waals surface area (Å²) in [5.41, 5.74) is 0. The van der Waals surface area contributed by atoms with Gasteiger partial charge in [-0.2, -0.15) is 0 Å². The van der Waals surface area contributed by atoms with Crippen LogP contribution in [0.5, 0.6) is 0 Å². The van der Waals surface area contributed by atoms with Crippen LogP contribution in [0.3, 0.4) is 0 Å². The van der Waals surface area contributed by atoms with Crippen LogP contribution in [-0.4, -0.2) is 50.3 Å². The van der Waals surface area contributed by atoms with Crippen molar-refractivity contribution in [3.8, 4) is 0 Å². The lowest BCUT2D eigenvalue weighted by atomic mass is 10.5. The van der Waals surface area contributed by atoms with Gasteiger partial charge in [0, 0.05) is 0 Å². The fraction of sp³-hybridized carbons (Fsp3) is 0.667.